The van der Waals surface area contributed by atoms with Gasteiger partial charge in [-0.15, -0.1) is 0 Å². The first-order valence-electron chi connectivity index (χ1n) is 10.2. The van der Waals surface area contributed by atoms with Crippen LogP contribution in [0.3, 0.4) is 0 Å². The van der Waals surface area contributed by atoms with Gasteiger partial charge in [-0.1, -0.05) is 41.5 Å². The van der Waals surface area contributed by atoms with Crippen LogP contribution in [0.4, 0.5) is 0 Å². The second-order valence-corrected chi connectivity index (χ2v) is 9.40. The van der Waals surface area contributed by atoms with Gasteiger partial charge in [0.1, 0.15) is 18.1 Å². The van der Waals surface area contributed by atoms with E-state index in [0.29, 0.717) is 6.42 Å². The van der Waals surface area contributed by atoms with E-state index in [1.54, 1.807) is 53.3 Å². The van der Waals surface area contributed by atoms with Crippen molar-refractivity contribution in [2.75, 3.05) is 12.0 Å². The van der Waals surface area contributed by atoms with E-state index in [1.807, 2.05) is 6.26 Å². The molecule has 0 spiro atoms. The maximum absolute atomic E-state index is 12.9. The number of rotatable bonds is 13. The number of amides is 3. The molecule has 0 fully saturated rings. The van der Waals surface area contributed by atoms with Crippen LogP contribution in [0, 0.1) is 17.8 Å². The minimum absolute atomic E-state index is 0.236. The number of carboxylic acid groups (broad SMARTS) is 1. The standard InChI is InChI=1S/C20H38N4O5S/c1-10(2)14(22-17(25)13(21)8-9-30-7)18(26)23-15(11(3)4)19(27)24-16(12(5)6)20(28)29/h10-16H,8-9,21H2,1-7H3,(H,22,25)(H,23,26)(H,24,27)(H,28,29). The van der Waals surface area contributed by atoms with E-state index in [2.05, 4.69) is 16.0 Å². The van der Waals surface area contributed by atoms with Crippen molar-refractivity contribution in [3.8, 4) is 0 Å². The molecule has 0 aromatic rings. The molecule has 3 amide bonds. The van der Waals surface area contributed by atoms with Crippen LogP contribution in [0.1, 0.15) is 48.0 Å². The van der Waals surface area contributed by atoms with Gasteiger partial charge in [-0.2, -0.15) is 11.8 Å². The van der Waals surface area contributed by atoms with Crippen molar-refractivity contribution in [3.05, 3.63) is 0 Å². The van der Waals surface area contributed by atoms with Crippen LogP contribution in [-0.2, 0) is 19.2 Å². The lowest BCUT2D eigenvalue weighted by Crippen LogP contribution is -2.60. The normalized spacial score (nSPS) is 15.4. The molecule has 10 heteroatoms. The zero-order valence-corrected chi connectivity index (χ0v) is 19.8. The van der Waals surface area contributed by atoms with Gasteiger partial charge >= 0.3 is 5.97 Å². The largest absolute Gasteiger partial charge is 0.480 e. The van der Waals surface area contributed by atoms with E-state index in [0.717, 1.165) is 5.75 Å². The van der Waals surface area contributed by atoms with Crippen LogP contribution in [-0.4, -0.2) is 65.0 Å². The Hall–Kier alpha value is -1.81. The summed E-state index contributed by atoms with van der Waals surface area (Å²) in [5.41, 5.74) is 5.88. The molecule has 0 heterocycles. The van der Waals surface area contributed by atoms with Gasteiger partial charge in [0.05, 0.1) is 6.04 Å². The number of carbonyl (C=O) groups is 4. The topological polar surface area (TPSA) is 151 Å². The summed E-state index contributed by atoms with van der Waals surface area (Å²) < 4.78 is 0. The van der Waals surface area contributed by atoms with Crippen LogP contribution >= 0.6 is 11.8 Å². The van der Waals surface area contributed by atoms with Crippen LogP contribution in [0.2, 0.25) is 0 Å². The van der Waals surface area contributed by atoms with Gasteiger partial charge in [0.2, 0.25) is 17.7 Å². The van der Waals surface area contributed by atoms with Crippen molar-refractivity contribution in [2.24, 2.45) is 23.5 Å². The Balaban J connectivity index is 5.29. The summed E-state index contributed by atoms with van der Waals surface area (Å²) in [6.07, 6.45) is 2.41. The molecule has 0 aliphatic carbocycles. The van der Waals surface area contributed by atoms with Gasteiger partial charge in [-0.05, 0) is 36.2 Å². The van der Waals surface area contributed by atoms with Gasteiger partial charge < -0.3 is 26.8 Å². The molecule has 4 unspecified atom stereocenters. The van der Waals surface area contributed by atoms with Gasteiger partial charge in [0.15, 0.2) is 0 Å². The summed E-state index contributed by atoms with van der Waals surface area (Å²) in [7, 11) is 0. The molecule has 0 bridgehead atoms. The second kappa shape index (κ2) is 13.5. The average molecular weight is 447 g/mol. The minimum Gasteiger partial charge on any atom is -0.480 e. The highest BCUT2D eigenvalue weighted by Crippen LogP contribution is 2.09. The molecular formula is C20H38N4O5S. The fourth-order valence-corrected chi connectivity index (χ4v) is 3.20. The Labute approximate surface area is 183 Å². The average Bonchev–Trinajstić information content (AvgIpc) is 2.64. The summed E-state index contributed by atoms with van der Waals surface area (Å²) in [6, 6.07) is -3.60. The zero-order valence-electron chi connectivity index (χ0n) is 19.0. The molecule has 0 radical (unpaired) electrons. The summed E-state index contributed by atoms with van der Waals surface area (Å²) in [5, 5.41) is 17.1. The summed E-state index contributed by atoms with van der Waals surface area (Å²) >= 11 is 1.58. The lowest BCUT2D eigenvalue weighted by atomic mass is 9.98. The van der Waals surface area contributed by atoms with Crippen molar-refractivity contribution in [1.82, 2.24) is 16.0 Å². The number of nitrogens with one attached hydrogen (secondary N) is 3. The second-order valence-electron chi connectivity index (χ2n) is 8.42. The predicted molar refractivity (Wildman–Crippen MR) is 119 cm³/mol. The SMILES string of the molecule is CSCCC(N)C(=O)NC(C(=O)NC(C(=O)NC(C(=O)O)C(C)C)C(C)C)C(C)C. The van der Waals surface area contributed by atoms with Crippen molar-refractivity contribution in [3.63, 3.8) is 0 Å². The first kappa shape index (κ1) is 28.2. The van der Waals surface area contributed by atoms with E-state index < -0.39 is 47.9 Å². The highest BCUT2D eigenvalue weighted by molar-refractivity contribution is 7.98. The van der Waals surface area contributed by atoms with E-state index >= 15 is 0 Å². The number of carbonyl (C=O) groups excluding carboxylic acids is 3. The molecule has 0 aromatic carbocycles. The van der Waals surface area contributed by atoms with Gasteiger partial charge in [-0.3, -0.25) is 14.4 Å². The van der Waals surface area contributed by atoms with Crippen molar-refractivity contribution in [2.45, 2.75) is 72.1 Å². The van der Waals surface area contributed by atoms with Crippen LogP contribution in [0.5, 0.6) is 0 Å². The number of hydrogen-bond donors (Lipinski definition) is 5. The molecule has 0 aliphatic rings. The third-order valence-corrected chi connectivity index (χ3v) is 5.34. The molecule has 0 aliphatic heterocycles. The Morgan fingerprint density at radius 2 is 1.13 bits per heavy atom. The first-order chi connectivity index (χ1) is 13.8. The maximum atomic E-state index is 12.9. The number of nitrogens with two attached hydrogens (primary N) is 1. The zero-order chi connectivity index (χ0) is 23.6. The smallest absolute Gasteiger partial charge is 0.326 e. The fourth-order valence-electron chi connectivity index (χ4n) is 2.71. The predicted octanol–water partition coefficient (Wildman–Crippen LogP) is 0.574. The number of carboxylic acids is 1. The van der Waals surface area contributed by atoms with Crippen LogP contribution in [0.25, 0.3) is 0 Å². The van der Waals surface area contributed by atoms with Crippen molar-refractivity contribution >= 4 is 35.5 Å². The van der Waals surface area contributed by atoms with E-state index in [9.17, 15) is 24.3 Å². The molecule has 0 aromatic heterocycles. The molecular weight excluding hydrogens is 408 g/mol. The summed E-state index contributed by atoms with van der Waals surface area (Å²) in [6.45, 7) is 10.4. The van der Waals surface area contributed by atoms with E-state index in [4.69, 9.17) is 5.73 Å². The molecule has 0 saturated carbocycles. The van der Waals surface area contributed by atoms with Gasteiger partial charge in [0, 0.05) is 0 Å². The lowest BCUT2D eigenvalue weighted by Gasteiger charge is -2.29. The number of thioether (sulfide) groups is 1. The van der Waals surface area contributed by atoms with Crippen LogP contribution < -0.4 is 21.7 Å². The molecule has 6 N–H and O–H groups in total. The first-order valence-corrected chi connectivity index (χ1v) is 11.6. The molecule has 9 nitrogen and oxygen atoms in total. The summed E-state index contributed by atoms with van der Waals surface area (Å²) in [4.78, 5) is 49.3. The maximum Gasteiger partial charge on any atom is 0.326 e. The van der Waals surface area contributed by atoms with Crippen LogP contribution in [0.15, 0.2) is 0 Å². The quantitative estimate of drug-likeness (QED) is 0.277. The highest BCUT2D eigenvalue weighted by atomic mass is 32.2. The Kier molecular flexibility index (Phi) is 12.7. The fraction of sp³-hybridized carbons (Fsp3) is 0.800. The molecule has 30 heavy (non-hydrogen) atoms. The molecule has 174 valence electrons. The van der Waals surface area contributed by atoms with E-state index in [-0.39, 0.29) is 17.8 Å². The number of aliphatic carboxylic acids is 1. The Morgan fingerprint density at radius 1 is 0.767 bits per heavy atom. The van der Waals surface area contributed by atoms with Crippen molar-refractivity contribution < 1.29 is 24.3 Å². The molecule has 0 rings (SSSR count). The van der Waals surface area contributed by atoms with Gasteiger partial charge in [-0.25, -0.2) is 4.79 Å². The third-order valence-electron chi connectivity index (χ3n) is 4.69. The van der Waals surface area contributed by atoms with E-state index in [1.165, 1.54) is 0 Å². The molecule has 4 atom stereocenters. The number of hydrogen-bond acceptors (Lipinski definition) is 6. The lowest BCUT2D eigenvalue weighted by molar-refractivity contribution is -0.144. The minimum atomic E-state index is -1.14. The molecule has 0 saturated heterocycles. The van der Waals surface area contributed by atoms with Crippen molar-refractivity contribution in [1.29, 1.82) is 0 Å². The Bertz CT molecular complexity index is 598. The van der Waals surface area contributed by atoms with Gasteiger partial charge in [0.25, 0.3) is 0 Å². The Morgan fingerprint density at radius 3 is 1.47 bits per heavy atom. The highest BCUT2D eigenvalue weighted by Gasteiger charge is 2.33. The summed E-state index contributed by atoms with van der Waals surface area (Å²) in [5.74, 6) is -2.77. The monoisotopic (exact) mass is 446 g/mol. The third kappa shape index (κ3) is 9.34.